The number of carbonyl (C=O) groups excluding carboxylic acids is 1. The van der Waals surface area contributed by atoms with Crippen molar-refractivity contribution in [2.24, 2.45) is 5.92 Å². The zero-order valence-corrected chi connectivity index (χ0v) is 25.2. The Bertz CT molecular complexity index is 1890. The number of benzene rings is 2. The number of nitrogens with zero attached hydrogens (tertiary/aromatic N) is 3. The molecule has 0 unspecified atom stereocenters. The minimum Gasteiger partial charge on any atom is -0.494 e. The van der Waals surface area contributed by atoms with E-state index >= 15 is 0 Å². The quantitative estimate of drug-likeness (QED) is 0.193. The van der Waals surface area contributed by atoms with Gasteiger partial charge in [0.2, 0.25) is 5.79 Å². The number of fused-ring (bicyclic) bond motifs is 2. The van der Waals surface area contributed by atoms with Crippen LogP contribution >= 0.6 is 0 Å². The molecule has 1 amide bonds. The molecule has 2 fully saturated rings. The van der Waals surface area contributed by atoms with E-state index in [1.165, 1.54) is 48.3 Å². The SMILES string of the molecule is COc1cc(C(=O)NC[C@](O)(c2cc(C)c(OCC(F)F)c(-c3ccc4c(c3)OC(F)(F)O4)n2)C2CC2)cc2cn(C3(F)CC3)nc12. The lowest BCUT2D eigenvalue weighted by molar-refractivity contribution is -0.286. The first kappa shape index (κ1) is 31.0. The number of aromatic nitrogens is 3. The Morgan fingerprint density at radius 1 is 1.15 bits per heavy atom. The van der Waals surface area contributed by atoms with Gasteiger partial charge in [-0.25, -0.2) is 22.8 Å². The number of methoxy groups -OCH3 is 1. The number of aryl methyl sites for hydroxylation is 1. The van der Waals surface area contributed by atoms with Crippen LogP contribution in [0.5, 0.6) is 23.0 Å². The summed E-state index contributed by atoms with van der Waals surface area (Å²) in [6.45, 7) is 0.340. The van der Waals surface area contributed by atoms with Gasteiger partial charge >= 0.3 is 6.29 Å². The van der Waals surface area contributed by atoms with Crippen molar-refractivity contribution in [3.05, 3.63) is 59.4 Å². The number of aliphatic hydroxyl groups is 1. The molecule has 0 saturated heterocycles. The van der Waals surface area contributed by atoms with Crippen LogP contribution in [-0.4, -0.2) is 58.8 Å². The summed E-state index contributed by atoms with van der Waals surface area (Å²) in [6.07, 6.45) is -3.25. The van der Waals surface area contributed by atoms with E-state index in [4.69, 9.17) is 9.47 Å². The summed E-state index contributed by atoms with van der Waals surface area (Å²) in [6, 6.07) is 8.35. The first-order valence-electron chi connectivity index (χ1n) is 14.9. The third kappa shape index (κ3) is 5.77. The monoisotopic (exact) mass is 660 g/mol. The third-order valence-electron chi connectivity index (χ3n) is 8.53. The highest BCUT2D eigenvalue weighted by atomic mass is 19.3. The van der Waals surface area contributed by atoms with Gasteiger partial charge in [0.15, 0.2) is 11.5 Å². The van der Waals surface area contributed by atoms with E-state index in [9.17, 15) is 31.9 Å². The molecule has 3 aliphatic rings. The summed E-state index contributed by atoms with van der Waals surface area (Å²) >= 11 is 0. The normalized spacial score (nSPS) is 18.7. The van der Waals surface area contributed by atoms with Crippen LogP contribution < -0.4 is 24.3 Å². The smallest absolute Gasteiger partial charge is 0.494 e. The van der Waals surface area contributed by atoms with Gasteiger partial charge in [-0.05, 0) is 67.6 Å². The predicted molar refractivity (Wildman–Crippen MR) is 156 cm³/mol. The minimum atomic E-state index is -3.88. The molecule has 0 spiro atoms. The Labute approximate surface area is 264 Å². The number of carbonyl (C=O) groups is 1. The van der Waals surface area contributed by atoms with Crippen LogP contribution in [0.25, 0.3) is 22.2 Å². The fourth-order valence-corrected chi connectivity index (χ4v) is 5.75. The average molecular weight is 661 g/mol. The number of hydrogen-bond donors (Lipinski definition) is 2. The zero-order valence-electron chi connectivity index (χ0n) is 25.2. The highest BCUT2D eigenvalue weighted by molar-refractivity contribution is 6.00. The maximum Gasteiger partial charge on any atom is 0.586 e. The van der Waals surface area contributed by atoms with Gasteiger partial charge in [-0.15, -0.1) is 8.78 Å². The summed E-state index contributed by atoms with van der Waals surface area (Å²) in [7, 11) is 1.41. The summed E-state index contributed by atoms with van der Waals surface area (Å²) in [5.41, 5.74) is -0.472. The highest BCUT2D eigenvalue weighted by Crippen LogP contribution is 2.49. The third-order valence-corrected chi connectivity index (χ3v) is 8.53. The first-order chi connectivity index (χ1) is 22.3. The summed E-state index contributed by atoms with van der Waals surface area (Å²) in [5, 5.41) is 19.6. The fraction of sp³-hybridized carbons (Fsp3) is 0.406. The number of halogens is 5. The van der Waals surface area contributed by atoms with Crippen LogP contribution in [0.4, 0.5) is 22.0 Å². The van der Waals surface area contributed by atoms with Crippen LogP contribution in [0.2, 0.25) is 0 Å². The van der Waals surface area contributed by atoms with Crippen LogP contribution in [0.15, 0.2) is 42.6 Å². The van der Waals surface area contributed by atoms with Crippen molar-refractivity contribution in [3.63, 3.8) is 0 Å². The van der Waals surface area contributed by atoms with Gasteiger partial charge in [-0.2, -0.15) is 5.10 Å². The van der Waals surface area contributed by atoms with Gasteiger partial charge in [-0.1, -0.05) is 0 Å². The summed E-state index contributed by atoms with van der Waals surface area (Å²) in [5.74, 6) is -2.69. The second-order valence-corrected chi connectivity index (χ2v) is 12.0. The molecule has 1 atom stereocenters. The molecule has 1 aliphatic heterocycles. The van der Waals surface area contributed by atoms with Crippen molar-refractivity contribution in [3.8, 4) is 34.3 Å². The summed E-state index contributed by atoms with van der Waals surface area (Å²) in [4.78, 5) is 18.0. The fourth-order valence-electron chi connectivity index (χ4n) is 5.75. The van der Waals surface area contributed by atoms with E-state index in [2.05, 4.69) is 24.9 Å². The van der Waals surface area contributed by atoms with Crippen LogP contribution in [0.1, 0.15) is 47.3 Å². The second kappa shape index (κ2) is 11.0. The molecule has 2 aromatic heterocycles. The molecule has 2 aliphatic carbocycles. The van der Waals surface area contributed by atoms with Crippen molar-refractivity contribution >= 4 is 16.8 Å². The molecule has 3 heterocycles. The maximum atomic E-state index is 14.7. The molecule has 2 saturated carbocycles. The van der Waals surface area contributed by atoms with Gasteiger partial charge in [0.25, 0.3) is 12.3 Å². The van der Waals surface area contributed by atoms with Crippen LogP contribution in [0, 0.1) is 12.8 Å². The number of hydrogen-bond acceptors (Lipinski definition) is 8. The summed E-state index contributed by atoms with van der Waals surface area (Å²) < 4.78 is 89.6. The maximum absolute atomic E-state index is 14.7. The largest absolute Gasteiger partial charge is 0.586 e. The number of alkyl halides is 5. The van der Waals surface area contributed by atoms with Gasteiger partial charge < -0.3 is 29.4 Å². The Morgan fingerprint density at radius 3 is 2.57 bits per heavy atom. The number of rotatable bonds is 11. The van der Waals surface area contributed by atoms with Crippen molar-refractivity contribution < 1.29 is 50.8 Å². The standard InChI is InChI=1S/C32H29F5N4O6/c1-16-9-24(39-27(28(16)45-14-25(33)34)17-3-6-21-22(11-17)47-32(36,37)46-21)31(43,20-4-5-20)15-38-29(42)18-10-19-13-41(30(35)7-8-30)40-26(19)23(12-18)44-2/h3,6,9-13,20,25,43H,4-5,7-8,14-15H2,1-2H3,(H,38,42)/t31-/m1/s1. The first-order valence-corrected chi connectivity index (χ1v) is 14.9. The minimum absolute atomic E-state index is 0.00108. The predicted octanol–water partition coefficient (Wildman–Crippen LogP) is 5.82. The van der Waals surface area contributed by atoms with Gasteiger partial charge in [0, 0.05) is 35.6 Å². The number of amides is 1. The molecule has 0 radical (unpaired) electrons. The van der Waals surface area contributed by atoms with Crippen molar-refractivity contribution in [1.29, 1.82) is 0 Å². The van der Waals surface area contributed by atoms with Crippen LogP contribution in [0.3, 0.4) is 0 Å². The molecule has 7 rings (SSSR count). The van der Waals surface area contributed by atoms with Gasteiger partial charge in [0.05, 0.1) is 19.3 Å². The zero-order chi connectivity index (χ0) is 33.3. The Balaban J connectivity index is 1.21. The van der Waals surface area contributed by atoms with Gasteiger partial charge in [0.1, 0.15) is 34.9 Å². The van der Waals surface area contributed by atoms with E-state index in [1.807, 2.05) is 0 Å². The molecular weight excluding hydrogens is 631 g/mol. The highest BCUT2D eigenvalue weighted by Gasteiger charge is 2.48. The van der Waals surface area contributed by atoms with E-state index in [-0.39, 0.29) is 58.0 Å². The van der Waals surface area contributed by atoms with Crippen molar-refractivity contribution in [2.75, 3.05) is 20.3 Å². The molecule has 2 N–H and O–H groups in total. The molecule has 47 heavy (non-hydrogen) atoms. The van der Waals surface area contributed by atoms with E-state index in [0.717, 1.165) is 0 Å². The lowest BCUT2D eigenvalue weighted by atomic mass is 9.90. The van der Waals surface area contributed by atoms with Crippen molar-refractivity contribution in [2.45, 2.75) is 56.7 Å². The molecule has 0 bridgehead atoms. The number of pyridine rings is 1. The lowest BCUT2D eigenvalue weighted by Crippen LogP contribution is -2.43. The van der Waals surface area contributed by atoms with E-state index < -0.39 is 36.6 Å². The molecule has 10 nitrogen and oxygen atoms in total. The number of nitrogens with one attached hydrogen (secondary N) is 1. The van der Waals surface area contributed by atoms with Crippen molar-refractivity contribution in [1.82, 2.24) is 20.1 Å². The molecule has 248 valence electrons. The van der Waals surface area contributed by atoms with Gasteiger partial charge in [-0.3, -0.25) is 4.79 Å². The second-order valence-electron chi connectivity index (χ2n) is 12.0. The Hall–Kier alpha value is -4.66. The van der Waals surface area contributed by atoms with Crippen LogP contribution in [-0.2, 0) is 11.4 Å². The lowest BCUT2D eigenvalue weighted by Gasteiger charge is -2.29. The Morgan fingerprint density at radius 2 is 1.89 bits per heavy atom. The van der Waals surface area contributed by atoms with E-state index in [1.54, 1.807) is 13.0 Å². The molecular formula is C32H29F5N4O6. The van der Waals surface area contributed by atoms with E-state index in [0.29, 0.717) is 42.1 Å². The molecule has 2 aromatic carbocycles. The topological polar surface area (TPSA) is 117 Å². The Kier molecular flexibility index (Phi) is 7.22. The molecule has 15 heteroatoms. The molecule has 4 aromatic rings. The average Bonchev–Trinajstić information content (AvgIpc) is 3.94. The number of ether oxygens (including phenoxy) is 4.